The van der Waals surface area contributed by atoms with Gasteiger partial charge in [-0.1, -0.05) is 15.9 Å². The lowest BCUT2D eigenvalue weighted by Crippen LogP contribution is -2.13. The summed E-state index contributed by atoms with van der Waals surface area (Å²) in [7, 11) is 1.57. The van der Waals surface area contributed by atoms with Gasteiger partial charge in [0.05, 0.1) is 17.9 Å². The molecule has 18 heavy (non-hydrogen) atoms. The van der Waals surface area contributed by atoms with Crippen molar-refractivity contribution < 1.29 is 19.1 Å². The zero-order valence-electron chi connectivity index (χ0n) is 10.0. The minimum absolute atomic E-state index is 0.350. The summed E-state index contributed by atoms with van der Waals surface area (Å²) in [6.07, 6.45) is 0. The quantitative estimate of drug-likeness (QED) is 0.681. The number of halogens is 1. The van der Waals surface area contributed by atoms with Crippen LogP contribution in [-0.2, 0) is 9.53 Å². The molecule has 96 valence electrons. The van der Waals surface area contributed by atoms with Gasteiger partial charge in [0, 0.05) is 11.6 Å². The summed E-state index contributed by atoms with van der Waals surface area (Å²) in [5.41, 5.74) is 1.55. The van der Waals surface area contributed by atoms with Crippen LogP contribution in [-0.4, -0.2) is 32.0 Å². The number of ether oxygens (including phenoxy) is 2. The predicted octanol–water partition coefficient (Wildman–Crippen LogP) is 1.92. The van der Waals surface area contributed by atoms with Crippen molar-refractivity contribution in [1.82, 2.24) is 0 Å². The standard InChI is InChI=1S/C12H12BrNO4/c1-6-7(13)5-8(18-4-3-17-2)10-9(6)11(15)12(16)14-10/h5H,3-4H2,1-2H3,(H,14,15,16). The number of hydrogen-bond acceptors (Lipinski definition) is 4. The molecule has 0 fully saturated rings. The van der Waals surface area contributed by atoms with E-state index < -0.39 is 11.7 Å². The minimum atomic E-state index is -0.622. The van der Waals surface area contributed by atoms with Gasteiger partial charge < -0.3 is 14.8 Å². The summed E-state index contributed by atoms with van der Waals surface area (Å²) < 4.78 is 11.1. The smallest absolute Gasteiger partial charge is 0.296 e. The number of benzene rings is 1. The fourth-order valence-corrected chi connectivity index (χ4v) is 2.17. The van der Waals surface area contributed by atoms with E-state index >= 15 is 0 Å². The molecule has 1 heterocycles. The maximum Gasteiger partial charge on any atom is 0.296 e. The van der Waals surface area contributed by atoms with Gasteiger partial charge in [-0.25, -0.2) is 0 Å². The van der Waals surface area contributed by atoms with Gasteiger partial charge in [-0.15, -0.1) is 0 Å². The second-order valence-corrected chi connectivity index (χ2v) is 4.71. The van der Waals surface area contributed by atoms with Crippen molar-refractivity contribution in [2.24, 2.45) is 0 Å². The predicted molar refractivity (Wildman–Crippen MR) is 69.2 cm³/mol. The Morgan fingerprint density at radius 3 is 2.72 bits per heavy atom. The second kappa shape index (κ2) is 5.07. The van der Waals surface area contributed by atoms with Crippen LogP contribution in [0.1, 0.15) is 15.9 Å². The first-order valence-electron chi connectivity index (χ1n) is 5.36. The number of rotatable bonds is 4. The van der Waals surface area contributed by atoms with E-state index in [9.17, 15) is 9.59 Å². The third-order valence-corrected chi connectivity index (χ3v) is 3.53. The van der Waals surface area contributed by atoms with Gasteiger partial charge in [0.1, 0.15) is 12.4 Å². The third-order valence-electron chi connectivity index (χ3n) is 2.70. The molecule has 0 aromatic heterocycles. The Labute approximate surface area is 113 Å². The summed E-state index contributed by atoms with van der Waals surface area (Å²) in [5, 5.41) is 2.54. The van der Waals surface area contributed by atoms with Crippen molar-refractivity contribution in [3.63, 3.8) is 0 Å². The van der Waals surface area contributed by atoms with Gasteiger partial charge >= 0.3 is 0 Å². The number of methoxy groups -OCH3 is 1. The van der Waals surface area contributed by atoms with Gasteiger partial charge in [0.25, 0.3) is 11.7 Å². The third kappa shape index (κ3) is 2.13. The van der Waals surface area contributed by atoms with Crippen LogP contribution in [0, 0.1) is 6.92 Å². The maximum absolute atomic E-state index is 11.7. The first-order valence-corrected chi connectivity index (χ1v) is 6.16. The molecule has 0 saturated carbocycles. The molecule has 1 N–H and O–H groups in total. The molecule has 0 unspecified atom stereocenters. The molecule has 0 atom stereocenters. The van der Waals surface area contributed by atoms with Gasteiger partial charge in [-0.2, -0.15) is 0 Å². The molecule has 1 aromatic carbocycles. The molecule has 0 bridgehead atoms. The Kier molecular flexibility index (Phi) is 3.68. The Morgan fingerprint density at radius 2 is 2.06 bits per heavy atom. The second-order valence-electron chi connectivity index (χ2n) is 3.86. The molecule has 0 aliphatic carbocycles. The van der Waals surface area contributed by atoms with E-state index in [4.69, 9.17) is 9.47 Å². The van der Waals surface area contributed by atoms with Crippen LogP contribution in [0.4, 0.5) is 5.69 Å². The highest BCUT2D eigenvalue weighted by Crippen LogP contribution is 2.39. The minimum Gasteiger partial charge on any atom is -0.489 e. The molecule has 0 saturated heterocycles. The van der Waals surface area contributed by atoms with Crippen molar-refractivity contribution in [1.29, 1.82) is 0 Å². The maximum atomic E-state index is 11.7. The van der Waals surface area contributed by atoms with Gasteiger partial charge in [0.2, 0.25) is 0 Å². The number of fused-ring (bicyclic) bond motifs is 1. The lowest BCUT2D eigenvalue weighted by molar-refractivity contribution is -0.112. The summed E-state index contributed by atoms with van der Waals surface area (Å²) in [6, 6.07) is 1.74. The van der Waals surface area contributed by atoms with Gasteiger partial charge in [-0.3, -0.25) is 9.59 Å². The molecule has 0 radical (unpaired) electrons. The van der Waals surface area contributed by atoms with Gasteiger partial charge in [0.15, 0.2) is 0 Å². The van der Waals surface area contributed by atoms with E-state index in [2.05, 4.69) is 21.2 Å². The molecule has 6 heteroatoms. The number of Topliss-reactive ketones (excluding diaryl/α,β-unsaturated/α-hetero) is 1. The summed E-state index contributed by atoms with van der Waals surface area (Å²) in [6.45, 7) is 2.56. The van der Waals surface area contributed by atoms with Crippen molar-refractivity contribution in [2.45, 2.75) is 6.92 Å². The summed E-state index contributed by atoms with van der Waals surface area (Å²) >= 11 is 3.35. The Balaban J connectivity index is 2.41. The Morgan fingerprint density at radius 1 is 1.33 bits per heavy atom. The lowest BCUT2D eigenvalue weighted by Gasteiger charge is -2.12. The van der Waals surface area contributed by atoms with E-state index in [1.54, 1.807) is 20.1 Å². The van der Waals surface area contributed by atoms with E-state index in [0.29, 0.717) is 30.2 Å². The van der Waals surface area contributed by atoms with Crippen LogP contribution in [0.15, 0.2) is 10.5 Å². The zero-order chi connectivity index (χ0) is 13.3. The number of anilines is 1. The molecular formula is C12H12BrNO4. The number of carbonyl (C=O) groups excluding carboxylic acids is 2. The SMILES string of the molecule is COCCOc1cc(Br)c(C)c2c1NC(=O)C2=O. The molecule has 1 aromatic rings. The van der Waals surface area contributed by atoms with Crippen LogP contribution >= 0.6 is 15.9 Å². The first kappa shape index (κ1) is 13.0. The van der Waals surface area contributed by atoms with Crippen molar-refractivity contribution in [2.75, 3.05) is 25.6 Å². The van der Waals surface area contributed by atoms with E-state index in [-0.39, 0.29) is 0 Å². The molecule has 1 aliphatic rings. The zero-order valence-corrected chi connectivity index (χ0v) is 11.6. The van der Waals surface area contributed by atoms with Crippen LogP contribution in [0.5, 0.6) is 5.75 Å². The highest BCUT2D eigenvalue weighted by Gasteiger charge is 2.33. The number of ketones is 1. The first-order chi connectivity index (χ1) is 8.56. The van der Waals surface area contributed by atoms with Crippen molar-refractivity contribution >= 4 is 33.3 Å². The van der Waals surface area contributed by atoms with Crippen LogP contribution in [0.3, 0.4) is 0 Å². The topological polar surface area (TPSA) is 64.6 Å². The number of carbonyl (C=O) groups is 2. The summed E-state index contributed by atoms with van der Waals surface area (Å²) in [5.74, 6) is -0.679. The molecule has 1 amide bonds. The highest BCUT2D eigenvalue weighted by molar-refractivity contribution is 9.10. The lowest BCUT2D eigenvalue weighted by atomic mass is 10.0. The average molecular weight is 314 g/mol. The molecule has 2 rings (SSSR count). The van der Waals surface area contributed by atoms with E-state index in [1.807, 2.05) is 0 Å². The normalized spacial score (nSPS) is 13.5. The fourth-order valence-electron chi connectivity index (χ4n) is 1.77. The van der Waals surface area contributed by atoms with Crippen molar-refractivity contribution in [3.05, 3.63) is 21.7 Å². The van der Waals surface area contributed by atoms with E-state index in [1.165, 1.54) is 0 Å². The molecular weight excluding hydrogens is 302 g/mol. The number of nitrogens with one attached hydrogen (secondary N) is 1. The molecule has 0 spiro atoms. The Bertz CT molecular complexity index is 527. The molecule has 5 nitrogen and oxygen atoms in total. The van der Waals surface area contributed by atoms with Crippen LogP contribution in [0.2, 0.25) is 0 Å². The molecule has 1 aliphatic heterocycles. The van der Waals surface area contributed by atoms with E-state index in [0.717, 1.165) is 10.0 Å². The number of amides is 1. The van der Waals surface area contributed by atoms with Crippen molar-refractivity contribution in [3.8, 4) is 5.75 Å². The van der Waals surface area contributed by atoms with Gasteiger partial charge in [-0.05, 0) is 18.6 Å². The van der Waals surface area contributed by atoms with Crippen LogP contribution < -0.4 is 10.1 Å². The summed E-state index contributed by atoms with van der Waals surface area (Å²) in [4.78, 5) is 23.2. The average Bonchev–Trinajstić information content (AvgIpc) is 2.63. The monoisotopic (exact) mass is 313 g/mol. The highest BCUT2D eigenvalue weighted by atomic mass is 79.9. The van der Waals surface area contributed by atoms with Crippen LogP contribution in [0.25, 0.3) is 0 Å². The Hall–Kier alpha value is -1.40. The number of hydrogen-bond donors (Lipinski definition) is 1. The fraction of sp³-hybridized carbons (Fsp3) is 0.333. The largest absolute Gasteiger partial charge is 0.489 e.